The molecule has 29 heavy (non-hydrogen) atoms. The van der Waals surface area contributed by atoms with Gasteiger partial charge in [0.15, 0.2) is 0 Å². The molecule has 0 N–H and O–H groups in total. The van der Waals surface area contributed by atoms with Gasteiger partial charge in [0.25, 0.3) is 0 Å². The number of aromatic nitrogens is 2. The lowest BCUT2D eigenvalue weighted by molar-refractivity contribution is -0.124. The summed E-state index contributed by atoms with van der Waals surface area (Å²) in [5.41, 5.74) is 2.69. The average molecular weight is 387 g/mol. The van der Waals surface area contributed by atoms with Crippen molar-refractivity contribution in [3.8, 4) is 0 Å². The lowest BCUT2D eigenvalue weighted by Crippen LogP contribution is -2.40. The van der Waals surface area contributed by atoms with Crippen LogP contribution < -0.4 is 4.90 Å². The van der Waals surface area contributed by atoms with Gasteiger partial charge >= 0.3 is 0 Å². The smallest absolute Gasteiger partial charge is 0.238 e. The maximum absolute atomic E-state index is 13.3. The monoisotopic (exact) mass is 387 g/mol. The van der Waals surface area contributed by atoms with Crippen LogP contribution in [0.25, 0.3) is 11.0 Å². The predicted molar refractivity (Wildman–Crippen MR) is 109 cm³/mol. The maximum Gasteiger partial charge on any atom is 0.238 e. The van der Waals surface area contributed by atoms with Crippen molar-refractivity contribution in [2.75, 3.05) is 4.90 Å². The largest absolute Gasteiger partial charge is 0.327 e. The lowest BCUT2D eigenvalue weighted by Gasteiger charge is -2.37. The molecule has 1 saturated heterocycles. The summed E-state index contributed by atoms with van der Waals surface area (Å²) in [6.07, 6.45) is 13.9. The fourth-order valence-electron chi connectivity index (χ4n) is 7.02. The van der Waals surface area contributed by atoms with Gasteiger partial charge in [-0.1, -0.05) is 31.4 Å². The molecule has 5 heteroatoms. The van der Waals surface area contributed by atoms with E-state index in [1.165, 1.54) is 43.4 Å². The minimum atomic E-state index is -0.142. The first-order valence-electron chi connectivity index (χ1n) is 11.2. The minimum Gasteiger partial charge on any atom is -0.327 e. The molecule has 1 aromatic heterocycles. The lowest BCUT2D eigenvalue weighted by atomic mass is 9.63. The van der Waals surface area contributed by atoms with E-state index in [1.54, 1.807) is 0 Å². The first-order chi connectivity index (χ1) is 14.2. The van der Waals surface area contributed by atoms with Gasteiger partial charge in [-0.3, -0.25) is 9.59 Å². The fraction of sp³-hybridized carbons (Fsp3) is 0.542. The molecule has 5 nitrogen and oxygen atoms in total. The Bertz CT molecular complexity index is 1040. The molecular weight excluding hydrogens is 362 g/mol. The Kier molecular flexibility index (Phi) is 3.15. The van der Waals surface area contributed by atoms with E-state index >= 15 is 0 Å². The molecule has 2 aromatic rings. The first kappa shape index (κ1) is 16.4. The van der Waals surface area contributed by atoms with E-state index in [-0.39, 0.29) is 35.5 Å². The fourth-order valence-corrected chi connectivity index (χ4v) is 7.02. The van der Waals surface area contributed by atoms with Crippen LogP contribution in [0, 0.1) is 35.5 Å². The number of imidazole rings is 1. The van der Waals surface area contributed by atoms with Gasteiger partial charge in [0.2, 0.25) is 11.8 Å². The molecule has 5 aliphatic carbocycles. The summed E-state index contributed by atoms with van der Waals surface area (Å²) < 4.78 is 2.29. The summed E-state index contributed by atoms with van der Waals surface area (Å²) in [7, 11) is 0. The molecule has 1 aromatic carbocycles. The number of allylic oxidation sites excluding steroid dienone is 2. The van der Waals surface area contributed by atoms with Gasteiger partial charge in [-0.2, -0.15) is 0 Å². The summed E-state index contributed by atoms with van der Waals surface area (Å²) in [4.78, 5) is 32.8. The van der Waals surface area contributed by atoms with Gasteiger partial charge in [-0.15, -0.1) is 0 Å². The van der Waals surface area contributed by atoms with E-state index in [0.717, 1.165) is 11.0 Å². The van der Waals surface area contributed by atoms with Gasteiger partial charge in [-0.25, -0.2) is 9.88 Å². The van der Waals surface area contributed by atoms with Crippen LogP contribution in [0.3, 0.4) is 0 Å². The molecule has 2 amide bonds. The number of nitrogens with zero attached hydrogens (tertiary/aromatic N) is 3. The standard InChI is InChI=1S/C24H25N3O2/c28-23-21-15-7-8-16(18-11-17(15)18)22(21)24(29)27(23)14-6-9-20-19(10-14)25-12-26(20)13-4-2-1-3-5-13/h6-10,12-13,15-18,21-22H,1-5,11H2/t15-,16-,17-,18+,21-,22-/m1/s1. The predicted octanol–water partition coefficient (Wildman–Crippen LogP) is 4.10. The number of rotatable bonds is 2. The second-order valence-electron chi connectivity index (χ2n) is 9.78. The van der Waals surface area contributed by atoms with E-state index in [0.29, 0.717) is 23.6 Å². The van der Waals surface area contributed by atoms with E-state index in [1.807, 2.05) is 18.5 Å². The highest BCUT2D eigenvalue weighted by Crippen LogP contribution is 2.65. The molecule has 1 aliphatic heterocycles. The quantitative estimate of drug-likeness (QED) is 0.576. The van der Waals surface area contributed by atoms with Crippen molar-refractivity contribution in [1.82, 2.24) is 9.55 Å². The minimum absolute atomic E-state index is 0.00997. The molecule has 148 valence electrons. The third-order valence-electron chi connectivity index (χ3n) is 8.45. The van der Waals surface area contributed by atoms with Crippen LogP contribution in [-0.2, 0) is 9.59 Å². The molecule has 0 unspecified atom stereocenters. The zero-order valence-corrected chi connectivity index (χ0v) is 16.4. The number of amides is 2. The zero-order valence-electron chi connectivity index (χ0n) is 16.4. The Hall–Kier alpha value is -2.43. The van der Waals surface area contributed by atoms with Crippen molar-refractivity contribution in [1.29, 1.82) is 0 Å². The molecule has 3 saturated carbocycles. The molecule has 8 rings (SSSR count). The molecule has 0 radical (unpaired) electrons. The Morgan fingerprint density at radius 2 is 1.59 bits per heavy atom. The number of benzene rings is 1. The van der Waals surface area contributed by atoms with Crippen LogP contribution >= 0.6 is 0 Å². The number of fused-ring (bicyclic) bond motifs is 1. The van der Waals surface area contributed by atoms with Crippen molar-refractivity contribution < 1.29 is 9.59 Å². The van der Waals surface area contributed by atoms with Crippen LogP contribution in [0.2, 0.25) is 0 Å². The Balaban J connectivity index is 1.25. The van der Waals surface area contributed by atoms with Gasteiger partial charge in [0, 0.05) is 6.04 Å². The molecule has 2 bridgehead atoms. The molecule has 6 aliphatic rings. The second kappa shape index (κ2) is 5.59. The van der Waals surface area contributed by atoms with E-state index < -0.39 is 0 Å². The van der Waals surface area contributed by atoms with Gasteiger partial charge in [0.1, 0.15) is 0 Å². The van der Waals surface area contributed by atoms with E-state index in [4.69, 9.17) is 0 Å². The normalized spacial score (nSPS) is 38.0. The van der Waals surface area contributed by atoms with Crippen molar-refractivity contribution in [3.05, 3.63) is 36.7 Å². The first-order valence-corrected chi connectivity index (χ1v) is 11.2. The Morgan fingerprint density at radius 3 is 2.28 bits per heavy atom. The third-order valence-corrected chi connectivity index (χ3v) is 8.45. The maximum atomic E-state index is 13.3. The highest BCUT2D eigenvalue weighted by molar-refractivity contribution is 6.23. The van der Waals surface area contributed by atoms with Crippen LogP contribution in [0.1, 0.15) is 44.6 Å². The summed E-state index contributed by atoms with van der Waals surface area (Å²) in [5.74, 6) is 1.55. The van der Waals surface area contributed by atoms with Crippen LogP contribution in [-0.4, -0.2) is 21.4 Å². The number of hydrogen-bond donors (Lipinski definition) is 0. The Morgan fingerprint density at radius 1 is 0.897 bits per heavy atom. The summed E-state index contributed by atoms with van der Waals surface area (Å²) >= 11 is 0. The summed E-state index contributed by atoms with van der Waals surface area (Å²) in [6, 6.07) is 6.47. The van der Waals surface area contributed by atoms with Crippen molar-refractivity contribution >= 4 is 28.5 Å². The third kappa shape index (κ3) is 2.08. The number of imide groups is 1. The highest BCUT2D eigenvalue weighted by atomic mass is 16.2. The van der Waals surface area contributed by atoms with Gasteiger partial charge < -0.3 is 4.57 Å². The average Bonchev–Trinajstić information content (AvgIpc) is 3.42. The SMILES string of the molecule is O=C1[C@@H]2[C@@H]3C=C[C@H]([C@@H]4C[C@H]34)[C@H]2C(=O)N1c1ccc2c(c1)ncn2C1CCCCC1. The van der Waals surface area contributed by atoms with E-state index in [9.17, 15) is 9.59 Å². The molecule has 6 atom stereocenters. The molecule has 0 spiro atoms. The summed E-state index contributed by atoms with van der Waals surface area (Å²) in [6.45, 7) is 0. The second-order valence-corrected chi connectivity index (χ2v) is 9.78. The molecule has 4 fully saturated rings. The topological polar surface area (TPSA) is 55.2 Å². The number of hydrogen-bond acceptors (Lipinski definition) is 3. The summed E-state index contributed by atoms with van der Waals surface area (Å²) in [5, 5.41) is 0. The number of carbonyl (C=O) groups excluding carboxylic acids is 2. The molecule has 2 heterocycles. The van der Waals surface area contributed by atoms with Crippen molar-refractivity contribution in [2.24, 2.45) is 35.5 Å². The van der Waals surface area contributed by atoms with Crippen LogP contribution in [0.15, 0.2) is 36.7 Å². The Labute approximate surface area is 169 Å². The van der Waals surface area contributed by atoms with Crippen molar-refractivity contribution in [3.63, 3.8) is 0 Å². The van der Waals surface area contributed by atoms with Crippen LogP contribution in [0.4, 0.5) is 5.69 Å². The van der Waals surface area contributed by atoms with Crippen LogP contribution in [0.5, 0.6) is 0 Å². The highest BCUT2D eigenvalue weighted by Gasteiger charge is 2.67. The van der Waals surface area contributed by atoms with Crippen molar-refractivity contribution in [2.45, 2.75) is 44.6 Å². The van der Waals surface area contributed by atoms with Gasteiger partial charge in [0.05, 0.1) is 34.9 Å². The zero-order chi connectivity index (χ0) is 19.3. The number of anilines is 1. The number of carbonyl (C=O) groups is 2. The van der Waals surface area contributed by atoms with E-state index in [2.05, 4.69) is 27.8 Å². The molecular formula is C24H25N3O2. The van der Waals surface area contributed by atoms with Gasteiger partial charge in [-0.05, 0) is 61.1 Å².